The molecule has 2 aliphatic rings. The van der Waals surface area contributed by atoms with Crippen LogP contribution in [0.15, 0.2) is 30.3 Å². The second-order valence-electron chi connectivity index (χ2n) is 5.90. The van der Waals surface area contributed by atoms with Gasteiger partial charge < -0.3 is 10.4 Å². The van der Waals surface area contributed by atoms with Crippen LogP contribution in [0.1, 0.15) is 50.1 Å². The summed E-state index contributed by atoms with van der Waals surface area (Å²) >= 11 is 0. The molecule has 0 aromatic heterocycles. The quantitative estimate of drug-likeness (QED) is 0.854. The molecular weight excluding hydrogens is 222 g/mol. The third-order valence-corrected chi connectivity index (χ3v) is 4.36. The van der Waals surface area contributed by atoms with Gasteiger partial charge in [0.25, 0.3) is 0 Å². The largest absolute Gasteiger partial charge is 0.393 e. The molecule has 2 nitrogen and oxygen atoms in total. The van der Waals surface area contributed by atoms with E-state index in [0.29, 0.717) is 12.1 Å². The Bertz CT molecular complexity index is 366. The van der Waals surface area contributed by atoms with Crippen LogP contribution in [0.3, 0.4) is 0 Å². The fraction of sp³-hybridized carbons (Fsp3) is 0.625. The molecule has 1 aromatic rings. The molecule has 3 rings (SSSR count). The van der Waals surface area contributed by atoms with Gasteiger partial charge in [-0.1, -0.05) is 30.3 Å². The molecule has 0 heterocycles. The Morgan fingerprint density at radius 3 is 2.22 bits per heavy atom. The van der Waals surface area contributed by atoms with E-state index >= 15 is 0 Å². The summed E-state index contributed by atoms with van der Waals surface area (Å²) in [5, 5.41) is 13.4. The molecule has 2 saturated carbocycles. The SMILES string of the molecule is OC1CCC(NC(c2ccccc2)C2CC2)CC1. The second-order valence-corrected chi connectivity index (χ2v) is 5.90. The van der Waals surface area contributed by atoms with Gasteiger partial charge in [-0.3, -0.25) is 0 Å². The van der Waals surface area contributed by atoms with Crippen molar-refractivity contribution in [3.63, 3.8) is 0 Å². The molecule has 1 unspecified atom stereocenters. The van der Waals surface area contributed by atoms with Gasteiger partial charge in [-0.25, -0.2) is 0 Å². The van der Waals surface area contributed by atoms with E-state index in [1.165, 1.54) is 18.4 Å². The minimum atomic E-state index is -0.0563. The summed E-state index contributed by atoms with van der Waals surface area (Å²) in [7, 11) is 0. The van der Waals surface area contributed by atoms with Gasteiger partial charge in [0.15, 0.2) is 0 Å². The van der Waals surface area contributed by atoms with E-state index in [2.05, 4.69) is 35.6 Å². The van der Waals surface area contributed by atoms with Crippen molar-refractivity contribution in [2.75, 3.05) is 0 Å². The zero-order chi connectivity index (χ0) is 12.4. The highest BCUT2D eigenvalue weighted by atomic mass is 16.3. The molecule has 98 valence electrons. The highest BCUT2D eigenvalue weighted by molar-refractivity contribution is 5.21. The van der Waals surface area contributed by atoms with E-state index in [1.807, 2.05) is 0 Å². The third-order valence-electron chi connectivity index (χ3n) is 4.36. The minimum Gasteiger partial charge on any atom is -0.393 e. The number of rotatable bonds is 4. The smallest absolute Gasteiger partial charge is 0.0541 e. The summed E-state index contributed by atoms with van der Waals surface area (Å²) < 4.78 is 0. The van der Waals surface area contributed by atoms with E-state index in [4.69, 9.17) is 0 Å². The predicted octanol–water partition coefficient (Wildman–Crippen LogP) is 3.03. The molecule has 2 aliphatic carbocycles. The van der Waals surface area contributed by atoms with Crippen LogP contribution in [0.25, 0.3) is 0 Å². The summed E-state index contributed by atoms with van der Waals surface area (Å²) in [6.45, 7) is 0. The normalized spacial score (nSPS) is 30.1. The van der Waals surface area contributed by atoms with Crippen molar-refractivity contribution in [3.8, 4) is 0 Å². The Morgan fingerprint density at radius 2 is 1.61 bits per heavy atom. The van der Waals surface area contributed by atoms with Crippen molar-refractivity contribution in [1.82, 2.24) is 5.32 Å². The Hall–Kier alpha value is -0.860. The van der Waals surface area contributed by atoms with Crippen molar-refractivity contribution in [2.45, 2.75) is 56.7 Å². The van der Waals surface area contributed by atoms with Gasteiger partial charge >= 0.3 is 0 Å². The van der Waals surface area contributed by atoms with Crippen LogP contribution in [0.5, 0.6) is 0 Å². The Labute approximate surface area is 109 Å². The molecule has 1 atom stereocenters. The van der Waals surface area contributed by atoms with E-state index in [1.54, 1.807) is 0 Å². The molecule has 18 heavy (non-hydrogen) atoms. The van der Waals surface area contributed by atoms with Gasteiger partial charge in [0.05, 0.1) is 6.10 Å². The van der Waals surface area contributed by atoms with Crippen LogP contribution in [0, 0.1) is 5.92 Å². The van der Waals surface area contributed by atoms with Gasteiger partial charge in [-0.05, 0) is 50.0 Å². The average molecular weight is 245 g/mol. The van der Waals surface area contributed by atoms with Gasteiger partial charge in [0.1, 0.15) is 0 Å². The molecule has 0 amide bonds. The fourth-order valence-electron chi connectivity index (χ4n) is 3.09. The van der Waals surface area contributed by atoms with Crippen LogP contribution in [0.4, 0.5) is 0 Å². The number of benzene rings is 1. The Kier molecular flexibility index (Phi) is 3.67. The van der Waals surface area contributed by atoms with Crippen molar-refractivity contribution in [1.29, 1.82) is 0 Å². The lowest BCUT2D eigenvalue weighted by atomic mass is 9.91. The lowest BCUT2D eigenvalue weighted by Gasteiger charge is -2.31. The molecule has 2 fully saturated rings. The lowest BCUT2D eigenvalue weighted by molar-refractivity contribution is 0.113. The number of aliphatic hydroxyl groups is 1. The van der Waals surface area contributed by atoms with Gasteiger partial charge in [0.2, 0.25) is 0 Å². The lowest BCUT2D eigenvalue weighted by Crippen LogP contribution is -2.37. The van der Waals surface area contributed by atoms with Crippen LogP contribution in [-0.2, 0) is 0 Å². The standard InChI is InChI=1S/C16H23NO/c18-15-10-8-14(9-11-15)17-16(13-6-7-13)12-4-2-1-3-5-12/h1-5,13-18H,6-11H2. The summed E-state index contributed by atoms with van der Waals surface area (Å²) in [6, 6.07) is 12.0. The summed E-state index contributed by atoms with van der Waals surface area (Å²) in [5.74, 6) is 0.833. The first-order valence-corrected chi connectivity index (χ1v) is 7.32. The number of hydrogen-bond donors (Lipinski definition) is 2. The highest BCUT2D eigenvalue weighted by Gasteiger charge is 2.34. The van der Waals surface area contributed by atoms with E-state index < -0.39 is 0 Å². The maximum atomic E-state index is 9.57. The van der Waals surface area contributed by atoms with Gasteiger partial charge in [0, 0.05) is 12.1 Å². The first kappa shape index (κ1) is 12.2. The predicted molar refractivity (Wildman–Crippen MR) is 73.3 cm³/mol. The molecule has 2 heteroatoms. The maximum absolute atomic E-state index is 9.57. The molecular formula is C16H23NO. The highest BCUT2D eigenvalue weighted by Crippen LogP contribution is 2.41. The van der Waals surface area contributed by atoms with Crippen molar-refractivity contribution >= 4 is 0 Å². The Balaban J connectivity index is 1.64. The monoisotopic (exact) mass is 245 g/mol. The third kappa shape index (κ3) is 2.93. The van der Waals surface area contributed by atoms with E-state index in [9.17, 15) is 5.11 Å². The number of aliphatic hydroxyl groups excluding tert-OH is 1. The molecule has 0 spiro atoms. The number of nitrogens with one attached hydrogen (secondary N) is 1. The van der Waals surface area contributed by atoms with Crippen LogP contribution >= 0.6 is 0 Å². The van der Waals surface area contributed by atoms with Crippen molar-refractivity contribution in [2.24, 2.45) is 5.92 Å². The Morgan fingerprint density at radius 1 is 0.944 bits per heavy atom. The first-order valence-electron chi connectivity index (χ1n) is 7.32. The fourth-order valence-corrected chi connectivity index (χ4v) is 3.09. The summed E-state index contributed by atoms with van der Waals surface area (Å²) in [6.07, 6.45) is 6.84. The van der Waals surface area contributed by atoms with Crippen molar-refractivity contribution < 1.29 is 5.11 Å². The first-order chi connectivity index (χ1) is 8.83. The zero-order valence-electron chi connectivity index (χ0n) is 10.9. The molecule has 2 N–H and O–H groups in total. The molecule has 0 bridgehead atoms. The second kappa shape index (κ2) is 5.41. The van der Waals surface area contributed by atoms with E-state index in [0.717, 1.165) is 31.6 Å². The maximum Gasteiger partial charge on any atom is 0.0541 e. The molecule has 0 saturated heterocycles. The summed E-state index contributed by atoms with van der Waals surface area (Å²) in [5.41, 5.74) is 1.44. The van der Waals surface area contributed by atoms with Gasteiger partial charge in [-0.2, -0.15) is 0 Å². The van der Waals surface area contributed by atoms with Crippen LogP contribution < -0.4 is 5.32 Å². The zero-order valence-corrected chi connectivity index (χ0v) is 10.9. The topological polar surface area (TPSA) is 32.3 Å². The van der Waals surface area contributed by atoms with E-state index in [-0.39, 0.29) is 6.10 Å². The minimum absolute atomic E-state index is 0.0563. The van der Waals surface area contributed by atoms with Crippen molar-refractivity contribution in [3.05, 3.63) is 35.9 Å². The molecule has 0 radical (unpaired) electrons. The molecule has 1 aromatic carbocycles. The number of hydrogen-bond acceptors (Lipinski definition) is 2. The van der Waals surface area contributed by atoms with Crippen LogP contribution in [0.2, 0.25) is 0 Å². The molecule has 0 aliphatic heterocycles. The van der Waals surface area contributed by atoms with Crippen LogP contribution in [-0.4, -0.2) is 17.3 Å². The average Bonchev–Trinajstić information content (AvgIpc) is 3.23. The summed E-state index contributed by atoms with van der Waals surface area (Å²) in [4.78, 5) is 0. The van der Waals surface area contributed by atoms with Gasteiger partial charge in [-0.15, -0.1) is 0 Å².